The van der Waals surface area contributed by atoms with Gasteiger partial charge < -0.3 is 9.47 Å². The van der Waals surface area contributed by atoms with E-state index in [1.807, 2.05) is 0 Å². The Labute approximate surface area is 57.2 Å². The smallest absolute Gasteiger partial charge is 0.159 e. The Morgan fingerprint density at radius 2 is 1.67 bits per heavy atom. The summed E-state index contributed by atoms with van der Waals surface area (Å²) >= 11 is 0. The van der Waals surface area contributed by atoms with Gasteiger partial charge in [0.15, 0.2) is 6.29 Å². The molecule has 0 saturated carbocycles. The number of hydrogen-bond donors (Lipinski definition) is 0. The number of methoxy groups -OCH3 is 2. The van der Waals surface area contributed by atoms with Crippen LogP contribution in [0.25, 0.3) is 0 Å². The molecule has 0 aromatic heterocycles. The Kier molecular flexibility index (Phi) is 4.72. The zero-order chi connectivity index (χ0) is 7.28. The highest BCUT2D eigenvalue weighted by molar-refractivity contribution is 4.52. The molecule has 0 aromatic rings. The van der Waals surface area contributed by atoms with E-state index in [9.17, 15) is 0 Å². The van der Waals surface area contributed by atoms with Gasteiger partial charge in [0.1, 0.15) is 0 Å². The fourth-order valence-electron chi connectivity index (χ4n) is 0.753. The van der Waals surface area contributed by atoms with Crippen molar-refractivity contribution in [2.45, 2.75) is 26.6 Å². The van der Waals surface area contributed by atoms with Crippen LogP contribution in [0.15, 0.2) is 0 Å². The molecule has 1 unspecified atom stereocenters. The molecule has 0 aliphatic carbocycles. The lowest BCUT2D eigenvalue weighted by Gasteiger charge is -2.18. The summed E-state index contributed by atoms with van der Waals surface area (Å²) in [6.45, 7) is 4.23. The number of ether oxygens (including phenoxy) is 2. The normalized spacial score (nSPS) is 14.3. The molecule has 0 aliphatic rings. The molecular formula is C7H16O2. The minimum Gasteiger partial charge on any atom is -0.356 e. The summed E-state index contributed by atoms with van der Waals surface area (Å²) in [4.78, 5) is 0. The third kappa shape index (κ3) is 2.82. The molecule has 2 nitrogen and oxygen atoms in total. The first-order valence-electron chi connectivity index (χ1n) is 3.31. The zero-order valence-electron chi connectivity index (χ0n) is 6.68. The summed E-state index contributed by atoms with van der Waals surface area (Å²) in [6, 6.07) is 0. The SMILES string of the molecule is CCC(C)C(OC)OC. The topological polar surface area (TPSA) is 18.5 Å². The van der Waals surface area contributed by atoms with Gasteiger partial charge in [-0.2, -0.15) is 0 Å². The van der Waals surface area contributed by atoms with Crippen molar-refractivity contribution in [3.63, 3.8) is 0 Å². The van der Waals surface area contributed by atoms with Crippen LogP contribution in [0.1, 0.15) is 20.3 Å². The second-order valence-electron chi connectivity index (χ2n) is 2.23. The van der Waals surface area contributed by atoms with Crippen molar-refractivity contribution >= 4 is 0 Å². The van der Waals surface area contributed by atoms with Gasteiger partial charge in [-0.25, -0.2) is 0 Å². The Morgan fingerprint density at radius 1 is 1.22 bits per heavy atom. The third-order valence-corrected chi connectivity index (χ3v) is 1.57. The van der Waals surface area contributed by atoms with Crippen molar-refractivity contribution in [3.05, 3.63) is 0 Å². The maximum absolute atomic E-state index is 5.03. The maximum Gasteiger partial charge on any atom is 0.159 e. The van der Waals surface area contributed by atoms with E-state index in [1.54, 1.807) is 14.2 Å². The van der Waals surface area contributed by atoms with Crippen molar-refractivity contribution in [1.29, 1.82) is 0 Å². The van der Waals surface area contributed by atoms with Gasteiger partial charge >= 0.3 is 0 Å². The van der Waals surface area contributed by atoms with Crippen molar-refractivity contribution in [3.8, 4) is 0 Å². The van der Waals surface area contributed by atoms with Crippen LogP contribution < -0.4 is 0 Å². The van der Waals surface area contributed by atoms with E-state index < -0.39 is 0 Å². The van der Waals surface area contributed by atoms with Gasteiger partial charge in [0.05, 0.1) is 0 Å². The molecule has 56 valence electrons. The predicted octanol–water partition coefficient (Wildman–Crippen LogP) is 1.65. The van der Waals surface area contributed by atoms with Crippen LogP contribution in [-0.2, 0) is 9.47 Å². The first-order valence-corrected chi connectivity index (χ1v) is 3.31. The largest absolute Gasteiger partial charge is 0.356 e. The molecule has 0 fully saturated rings. The minimum absolute atomic E-state index is 0.0324. The van der Waals surface area contributed by atoms with E-state index >= 15 is 0 Å². The van der Waals surface area contributed by atoms with Crippen LogP contribution in [0.3, 0.4) is 0 Å². The lowest BCUT2D eigenvalue weighted by atomic mass is 10.1. The molecule has 1 atom stereocenters. The van der Waals surface area contributed by atoms with Gasteiger partial charge in [0.2, 0.25) is 0 Å². The first kappa shape index (κ1) is 8.92. The van der Waals surface area contributed by atoms with Crippen LogP contribution in [0.4, 0.5) is 0 Å². The number of rotatable bonds is 4. The molecule has 0 bridgehead atoms. The molecular weight excluding hydrogens is 116 g/mol. The fraction of sp³-hybridized carbons (Fsp3) is 1.00. The Balaban J connectivity index is 3.50. The quantitative estimate of drug-likeness (QED) is 0.541. The van der Waals surface area contributed by atoms with Gasteiger partial charge in [-0.1, -0.05) is 13.8 Å². The van der Waals surface area contributed by atoms with Crippen molar-refractivity contribution in [1.82, 2.24) is 0 Å². The van der Waals surface area contributed by atoms with E-state index in [0.717, 1.165) is 6.42 Å². The average molecular weight is 132 g/mol. The molecule has 2 heteroatoms. The second-order valence-corrected chi connectivity index (χ2v) is 2.23. The third-order valence-electron chi connectivity index (χ3n) is 1.57. The van der Waals surface area contributed by atoms with E-state index in [2.05, 4.69) is 13.8 Å². The molecule has 0 aromatic carbocycles. The van der Waals surface area contributed by atoms with Crippen LogP contribution in [-0.4, -0.2) is 20.5 Å². The monoisotopic (exact) mass is 132 g/mol. The average Bonchev–Trinajstić information content (AvgIpc) is 1.90. The molecule has 0 aliphatic heterocycles. The van der Waals surface area contributed by atoms with Gasteiger partial charge in [0, 0.05) is 20.1 Å². The fourth-order valence-corrected chi connectivity index (χ4v) is 0.753. The maximum atomic E-state index is 5.03. The predicted molar refractivity (Wildman–Crippen MR) is 37.3 cm³/mol. The molecule has 0 heterocycles. The molecule has 0 N–H and O–H groups in total. The van der Waals surface area contributed by atoms with Gasteiger partial charge in [-0.15, -0.1) is 0 Å². The summed E-state index contributed by atoms with van der Waals surface area (Å²) in [7, 11) is 3.33. The van der Waals surface area contributed by atoms with Crippen LogP contribution in [0.2, 0.25) is 0 Å². The summed E-state index contributed by atoms with van der Waals surface area (Å²) < 4.78 is 10.1. The molecule has 0 spiro atoms. The highest BCUT2D eigenvalue weighted by Gasteiger charge is 2.12. The van der Waals surface area contributed by atoms with Gasteiger partial charge in [-0.3, -0.25) is 0 Å². The minimum atomic E-state index is -0.0324. The summed E-state index contributed by atoms with van der Waals surface area (Å²) in [5.74, 6) is 0.486. The van der Waals surface area contributed by atoms with Crippen molar-refractivity contribution in [2.75, 3.05) is 14.2 Å². The Morgan fingerprint density at radius 3 is 1.78 bits per heavy atom. The lowest BCUT2D eigenvalue weighted by Crippen LogP contribution is -2.21. The van der Waals surface area contributed by atoms with E-state index in [1.165, 1.54) is 0 Å². The van der Waals surface area contributed by atoms with Crippen LogP contribution in [0.5, 0.6) is 0 Å². The first-order chi connectivity index (χ1) is 4.26. The van der Waals surface area contributed by atoms with Gasteiger partial charge in [-0.05, 0) is 6.42 Å². The second kappa shape index (κ2) is 4.77. The highest BCUT2D eigenvalue weighted by Crippen LogP contribution is 2.10. The Bertz CT molecular complexity index is 59.9. The Hall–Kier alpha value is -0.0800. The van der Waals surface area contributed by atoms with Gasteiger partial charge in [0.25, 0.3) is 0 Å². The molecule has 0 saturated heterocycles. The van der Waals surface area contributed by atoms with E-state index in [4.69, 9.17) is 9.47 Å². The van der Waals surface area contributed by atoms with Crippen LogP contribution in [0, 0.1) is 5.92 Å². The number of hydrogen-bond acceptors (Lipinski definition) is 2. The zero-order valence-corrected chi connectivity index (χ0v) is 6.68. The van der Waals surface area contributed by atoms with Crippen molar-refractivity contribution in [2.24, 2.45) is 5.92 Å². The molecule has 9 heavy (non-hydrogen) atoms. The summed E-state index contributed by atoms with van der Waals surface area (Å²) in [5.41, 5.74) is 0. The van der Waals surface area contributed by atoms with E-state index in [-0.39, 0.29) is 6.29 Å². The molecule has 0 rings (SSSR count). The van der Waals surface area contributed by atoms with E-state index in [0.29, 0.717) is 5.92 Å². The summed E-state index contributed by atoms with van der Waals surface area (Å²) in [6.07, 6.45) is 1.06. The summed E-state index contributed by atoms with van der Waals surface area (Å²) in [5, 5.41) is 0. The van der Waals surface area contributed by atoms with Crippen molar-refractivity contribution < 1.29 is 9.47 Å². The molecule has 0 radical (unpaired) electrons. The highest BCUT2D eigenvalue weighted by atomic mass is 16.7. The molecule has 0 amide bonds. The lowest BCUT2D eigenvalue weighted by molar-refractivity contribution is -0.133. The standard InChI is InChI=1S/C7H16O2/c1-5-6(2)7(8-3)9-4/h6-7H,5H2,1-4H3. The van der Waals surface area contributed by atoms with Crippen LogP contribution >= 0.6 is 0 Å².